The highest BCUT2D eigenvalue weighted by Crippen LogP contribution is 2.21. The van der Waals surface area contributed by atoms with Gasteiger partial charge in [-0.1, -0.05) is 11.8 Å². The lowest BCUT2D eigenvalue weighted by atomic mass is 10.1. The maximum Gasteiger partial charge on any atom is 0.317 e. The molecular weight excluding hydrogens is 253 g/mol. The Balaban J connectivity index is 2.96. The molecule has 0 saturated carbocycles. The summed E-state index contributed by atoms with van der Waals surface area (Å²) in [7, 11) is 0. The average Bonchev–Trinajstić information content (AvgIpc) is 2.31. The average molecular weight is 265 g/mol. The number of nitrogens with zero attached hydrogens (tertiary/aromatic N) is 1. The zero-order chi connectivity index (χ0) is 14.4. The van der Waals surface area contributed by atoms with Crippen LogP contribution in [0.2, 0.25) is 0 Å². The Hall–Kier alpha value is -2.42. The van der Waals surface area contributed by atoms with Gasteiger partial charge in [-0.15, -0.1) is 0 Å². The van der Waals surface area contributed by atoms with Gasteiger partial charge >= 0.3 is 5.97 Å². The molecular formula is C13H12FNO4. The van der Waals surface area contributed by atoms with Crippen molar-refractivity contribution in [1.29, 1.82) is 0 Å². The van der Waals surface area contributed by atoms with Gasteiger partial charge in [0.25, 0.3) is 5.69 Å². The van der Waals surface area contributed by atoms with Crippen LogP contribution >= 0.6 is 0 Å². The smallest absolute Gasteiger partial charge is 0.317 e. The van der Waals surface area contributed by atoms with Crippen molar-refractivity contribution in [2.75, 3.05) is 6.61 Å². The van der Waals surface area contributed by atoms with Crippen molar-refractivity contribution in [3.8, 4) is 11.8 Å². The van der Waals surface area contributed by atoms with E-state index >= 15 is 0 Å². The van der Waals surface area contributed by atoms with E-state index in [4.69, 9.17) is 0 Å². The van der Waals surface area contributed by atoms with E-state index in [9.17, 15) is 19.3 Å². The fraction of sp³-hybridized carbons (Fsp3) is 0.308. The van der Waals surface area contributed by atoms with Crippen molar-refractivity contribution in [3.63, 3.8) is 0 Å². The van der Waals surface area contributed by atoms with Crippen LogP contribution in [0.4, 0.5) is 10.1 Å². The lowest BCUT2D eigenvalue weighted by molar-refractivity contribution is -0.385. The maximum absolute atomic E-state index is 13.5. The second-order valence-electron chi connectivity index (χ2n) is 3.66. The molecule has 6 heteroatoms. The van der Waals surface area contributed by atoms with Crippen LogP contribution in [0.25, 0.3) is 0 Å². The minimum atomic E-state index is -0.653. The van der Waals surface area contributed by atoms with E-state index in [1.807, 2.05) is 0 Å². The number of esters is 1. The Labute approximate surface area is 109 Å². The third-order valence-electron chi connectivity index (χ3n) is 2.24. The molecule has 0 aliphatic heterocycles. The van der Waals surface area contributed by atoms with E-state index in [1.54, 1.807) is 6.92 Å². The van der Waals surface area contributed by atoms with Gasteiger partial charge in [-0.05, 0) is 19.9 Å². The fourth-order valence-corrected chi connectivity index (χ4v) is 1.38. The van der Waals surface area contributed by atoms with Crippen molar-refractivity contribution >= 4 is 11.7 Å². The van der Waals surface area contributed by atoms with E-state index in [-0.39, 0.29) is 29.8 Å². The van der Waals surface area contributed by atoms with E-state index in [0.29, 0.717) is 0 Å². The third-order valence-corrected chi connectivity index (χ3v) is 2.24. The van der Waals surface area contributed by atoms with Crippen LogP contribution in [0.5, 0.6) is 0 Å². The summed E-state index contributed by atoms with van der Waals surface area (Å²) in [4.78, 5) is 21.1. The minimum absolute atomic E-state index is 0.110. The van der Waals surface area contributed by atoms with Crippen molar-refractivity contribution in [1.82, 2.24) is 0 Å². The summed E-state index contributed by atoms with van der Waals surface area (Å²) in [5.74, 6) is 3.65. The molecule has 5 nitrogen and oxygen atoms in total. The van der Waals surface area contributed by atoms with Crippen molar-refractivity contribution in [2.45, 2.75) is 20.3 Å². The summed E-state index contributed by atoms with van der Waals surface area (Å²) in [5, 5.41) is 10.7. The molecule has 1 rings (SSSR count). The third kappa shape index (κ3) is 4.07. The summed E-state index contributed by atoms with van der Waals surface area (Å²) < 4.78 is 18.2. The number of nitro groups is 1. The predicted octanol–water partition coefficient (Wildman–Crippen LogP) is 2.35. The fourth-order valence-electron chi connectivity index (χ4n) is 1.38. The quantitative estimate of drug-likeness (QED) is 0.364. The summed E-state index contributed by atoms with van der Waals surface area (Å²) in [6.45, 7) is 3.34. The molecule has 0 aliphatic rings. The van der Waals surface area contributed by atoms with E-state index in [1.165, 1.54) is 6.92 Å². The van der Waals surface area contributed by atoms with Crippen LogP contribution < -0.4 is 0 Å². The molecule has 0 aromatic heterocycles. The molecule has 0 saturated heterocycles. The Morgan fingerprint density at radius 3 is 2.79 bits per heavy atom. The van der Waals surface area contributed by atoms with Crippen LogP contribution in [0.15, 0.2) is 12.1 Å². The number of carbonyl (C=O) groups excluding carboxylic acids is 1. The van der Waals surface area contributed by atoms with Crippen LogP contribution in [0, 0.1) is 34.7 Å². The highest BCUT2D eigenvalue weighted by molar-refractivity contribution is 5.72. The highest BCUT2D eigenvalue weighted by Gasteiger charge is 2.14. The zero-order valence-electron chi connectivity index (χ0n) is 10.5. The van der Waals surface area contributed by atoms with Crippen molar-refractivity contribution in [3.05, 3.63) is 39.2 Å². The summed E-state index contributed by atoms with van der Waals surface area (Å²) in [6.07, 6.45) is -0.186. The lowest BCUT2D eigenvalue weighted by Crippen LogP contribution is -2.01. The van der Waals surface area contributed by atoms with Gasteiger partial charge in [0.05, 0.1) is 17.1 Å². The maximum atomic E-state index is 13.5. The molecule has 1 aromatic rings. The Morgan fingerprint density at radius 2 is 2.21 bits per heavy atom. The molecule has 0 N–H and O–H groups in total. The predicted molar refractivity (Wildman–Crippen MR) is 65.9 cm³/mol. The molecule has 0 unspecified atom stereocenters. The molecule has 1 aromatic carbocycles. The molecule has 0 spiro atoms. The summed E-state index contributed by atoms with van der Waals surface area (Å²) in [5.41, 5.74) is -0.0955. The SMILES string of the molecule is CCOC(=O)CC#Cc1cc([N+](=O)[O-])c(C)cc1F. The van der Waals surface area contributed by atoms with Gasteiger partial charge < -0.3 is 4.74 Å². The molecule has 0 heterocycles. The van der Waals surface area contributed by atoms with Crippen LogP contribution in [0.3, 0.4) is 0 Å². The molecule has 0 amide bonds. The van der Waals surface area contributed by atoms with Crippen molar-refractivity contribution in [2.24, 2.45) is 0 Å². The second kappa shape index (κ2) is 6.50. The van der Waals surface area contributed by atoms with Crippen LogP contribution in [-0.4, -0.2) is 17.5 Å². The first-order valence-electron chi connectivity index (χ1n) is 5.54. The number of hydrogen-bond acceptors (Lipinski definition) is 4. The van der Waals surface area contributed by atoms with Gasteiger partial charge in [-0.3, -0.25) is 14.9 Å². The van der Waals surface area contributed by atoms with E-state index < -0.39 is 16.7 Å². The number of rotatable bonds is 3. The van der Waals surface area contributed by atoms with Gasteiger partial charge in [0.15, 0.2) is 0 Å². The molecule has 0 bridgehead atoms. The first-order chi connectivity index (χ1) is 8.95. The largest absolute Gasteiger partial charge is 0.465 e. The van der Waals surface area contributed by atoms with Gasteiger partial charge in [-0.25, -0.2) is 4.39 Å². The Kier molecular flexibility index (Phi) is 5.01. The van der Waals surface area contributed by atoms with E-state index in [2.05, 4.69) is 16.6 Å². The molecule has 0 aliphatic carbocycles. The molecule has 0 fully saturated rings. The number of carbonyl (C=O) groups is 1. The molecule has 0 atom stereocenters. The highest BCUT2D eigenvalue weighted by atomic mass is 19.1. The molecule has 0 radical (unpaired) electrons. The first kappa shape index (κ1) is 14.6. The number of hydrogen-bond donors (Lipinski definition) is 0. The Bertz CT molecular complexity index is 572. The van der Waals surface area contributed by atoms with Gasteiger partial charge in [0.2, 0.25) is 0 Å². The molecule has 100 valence electrons. The summed E-state index contributed by atoms with van der Waals surface area (Å²) >= 11 is 0. The van der Waals surface area contributed by atoms with Gasteiger partial charge in [0.1, 0.15) is 12.2 Å². The normalized spacial score (nSPS) is 9.42. The second-order valence-corrected chi connectivity index (χ2v) is 3.66. The standard InChI is InChI=1S/C13H12FNO4/c1-3-19-13(16)6-4-5-10-8-12(15(17)18)9(2)7-11(10)14/h7-8H,3,6H2,1-2H3. The Morgan fingerprint density at radius 1 is 1.53 bits per heavy atom. The molecule has 19 heavy (non-hydrogen) atoms. The number of ether oxygens (including phenoxy) is 1. The van der Waals surface area contributed by atoms with Crippen molar-refractivity contribution < 1.29 is 18.8 Å². The minimum Gasteiger partial charge on any atom is -0.465 e. The summed E-state index contributed by atoms with van der Waals surface area (Å²) in [6, 6.07) is 2.11. The number of aryl methyl sites for hydroxylation is 1. The van der Waals surface area contributed by atoms with Gasteiger partial charge in [0, 0.05) is 11.6 Å². The number of halogens is 1. The number of benzene rings is 1. The van der Waals surface area contributed by atoms with Crippen LogP contribution in [-0.2, 0) is 9.53 Å². The zero-order valence-corrected chi connectivity index (χ0v) is 10.5. The van der Waals surface area contributed by atoms with Gasteiger partial charge in [-0.2, -0.15) is 0 Å². The monoisotopic (exact) mass is 265 g/mol. The number of nitro benzene ring substituents is 1. The first-order valence-corrected chi connectivity index (χ1v) is 5.54. The van der Waals surface area contributed by atoms with E-state index in [0.717, 1.165) is 12.1 Å². The lowest BCUT2D eigenvalue weighted by Gasteiger charge is -1.99. The van der Waals surface area contributed by atoms with Crippen LogP contribution in [0.1, 0.15) is 24.5 Å². The topological polar surface area (TPSA) is 69.4 Å².